The van der Waals surface area contributed by atoms with Crippen LogP contribution in [0.25, 0.3) is 0 Å². The maximum atomic E-state index is 10.9. The van der Waals surface area contributed by atoms with Gasteiger partial charge in [-0.3, -0.25) is 4.79 Å². The molecule has 0 aromatic carbocycles. The number of unbranched alkanes of at least 4 members (excludes halogenated alkanes) is 2. The Balaban J connectivity index is 3.25. The highest BCUT2D eigenvalue weighted by molar-refractivity contribution is 5.91. The fraction of sp³-hybridized carbons (Fsp3) is 0.667. The first kappa shape index (κ1) is 10.2. The minimum absolute atomic E-state index is 0.0268. The molecule has 0 rings (SSSR count). The summed E-state index contributed by atoms with van der Waals surface area (Å²) in [7, 11) is 0. The smallest absolute Gasteiger partial charge is 0.246 e. The number of hydrogen-bond donors (Lipinski definition) is 1. The Morgan fingerprint density at radius 3 is 2.55 bits per heavy atom. The van der Waals surface area contributed by atoms with Crippen molar-refractivity contribution in [2.24, 2.45) is 0 Å². The van der Waals surface area contributed by atoms with E-state index in [0.29, 0.717) is 5.57 Å². The molecule has 0 atom stereocenters. The zero-order valence-corrected chi connectivity index (χ0v) is 7.44. The zero-order valence-electron chi connectivity index (χ0n) is 7.44. The molecule has 0 radical (unpaired) electrons. The molecular formula is C9H17NO. The van der Waals surface area contributed by atoms with Crippen molar-refractivity contribution in [3.63, 3.8) is 0 Å². The van der Waals surface area contributed by atoms with E-state index in [9.17, 15) is 4.79 Å². The van der Waals surface area contributed by atoms with E-state index in [2.05, 4.69) is 18.8 Å². The van der Waals surface area contributed by atoms with Gasteiger partial charge in [-0.15, -0.1) is 0 Å². The number of carbonyl (C=O) groups excluding carboxylic acids is 1. The lowest BCUT2D eigenvalue weighted by Crippen LogP contribution is -2.24. The highest BCUT2D eigenvalue weighted by Gasteiger charge is 1.98. The first-order chi connectivity index (χ1) is 5.18. The van der Waals surface area contributed by atoms with Crippen molar-refractivity contribution in [1.82, 2.24) is 5.32 Å². The third kappa shape index (κ3) is 5.64. The second kappa shape index (κ2) is 5.96. The first-order valence-corrected chi connectivity index (χ1v) is 4.12. The Morgan fingerprint density at radius 1 is 1.45 bits per heavy atom. The van der Waals surface area contributed by atoms with Gasteiger partial charge in [0, 0.05) is 12.1 Å². The number of amides is 1. The normalized spacial score (nSPS) is 9.27. The van der Waals surface area contributed by atoms with Gasteiger partial charge in [-0.2, -0.15) is 0 Å². The van der Waals surface area contributed by atoms with E-state index in [1.807, 2.05) is 0 Å². The second-order valence-corrected chi connectivity index (χ2v) is 2.74. The quantitative estimate of drug-likeness (QED) is 0.476. The van der Waals surface area contributed by atoms with Gasteiger partial charge in [-0.05, 0) is 13.3 Å². The van der Waals surface area contributed by atoms with Gasteiger partial charge in [0.05, 0.1) is 0 Å². The molecule has 0 fully saturated rings. The molecule has 0 heterocycles. The molecule has 64 valence electrons. The van der Waals surface area contributed by atoms with Crippen LogP contribution in [-0.4, -0.2) is 12.5 Å². The van der Waals surface area contributed by atoms with E-state index in [0.717, 1.165) is 13.0 Å². The van der Waals surface area contributed by atoms with Crippen LogP contribution in [0.1, 0.15) is 33.1 Å². The molecule has 0 aliphatic heterocycles. The van der Waals surface area contributed by atoms with Gasteiger partial charge < -0.3 is 5.32 Å². The average Bonchev–Trinajstić information content (AvgIpc) is 1.97. The van der Waals surface area contributed by atoms with Crippen LogP contribution < -0.4 is 5.32 Å². The summed E-state index contributed by atoms with van der Waals surface area (Å²) in [5.41, 5.74) is 0.585. The van der Waals surface area contributed by atoms with E-state index in [4.69, 9.17) is 0 Å². The molecule has 1 N–H and O–H groups in total. The van der Waals surface area contributed by atoms with Crippen LogP contribution >= 0.6 is 0 Å². The summed E-state index contributed by atoms with van der Waals surface area (Å²) in [4.78, 5) is 10.9. The Hall–Kier alpha value is -0.790. The molecule has 0 saturated heterocycles. The molecule has 0 unspecified atom stereocenters. The van der Waals surface area contributed by atoms with Gasteiger partial charge in [-0.1, -0.05) is 26.3 Å². The predicted octanol–water partition coefficient (Wildman–Crippen LogP) is 1.87. The van der Waals surface area contributed by atoms with E-state index >= 15 is 0 Å². The van der Waals surface area contributed by atoms with Gasteiger partial charge in [0.2, 0.25) is 5.91 Å². The third-order valence-corrected chi connectivity index (χ3v) is 1.45. The molecule has 1 amide bonds. The van der Waals surface area contributed by atoms with E-state index in [1.54, 1.807) is 6.92 Å². The summed E-state index contributed by atoms with van der Waals surface area (Å²) >= 11 is 0. The number of nitrogens with one attached hydrogen (secondary N) is 1. The molecule has 2 heteroatoms. The van der Waals surface area contributed by atoms with Crippen LogP contribution in [0.15, 0.2) is 12.2 Å². The number of hydrogen-bond acceptors (Lipinski definition) is 1. The molecular weight excluding hydrogens is 138 g/mol. The molecule has 0 aliphatic rings. The van der Waals surface area contributed by atoms with Crippen LogP contribution in [0.2, 0.25) is 0 Å². The zero-order chi connectivity index (χ0) is 8.69. The molecule has 0 spiro atoms. The van der Waals surface area contributed by atoms with Crippen molar-refractivity contribution in [3.8, 4) is 0 Å². The molecule has 0 aromatic rings. The number of rotatable bonds is 5. The summed E-state index contributed by atoms with van der Waals surface area (Å²) in [6.45, 7) is 8.18. The third-order valence-electron chi connectivity index (χ3n) is 1.45. The maximum absolute atomic E-state index is 10.9. The summed E-state index contributed by atoms with van der Waals surface area (Å²) in [6.07, 6.45) is 3.43. The van der Waals surface area contributed by atoms with Gasteiger partial charge in [-0.25, -0.2) is 0 Å². The molecule has 0 aromatic heterocycles. The van der Waals surface area contributed by atoms with Gasteiger partial charge in [0.15, 0.2) is 0 Å². The van der Waals surface area contributed by atoms with Crippen LogP contribution in [-0.2, 0) is 4.79 Å². The van der Waals surface area contributed by atoms with Crippen LogP contribution in [0, 0.1) is 0 Å². The first-order valence-electron chi connectivity index (χ1n) is 4.12. The number of carbonyl (C=O) groups is 1. The minimum Gasteiger partial charge on any atom is -0.352 e. The second-order valence-electron chi connectivity index (χ2n) is 2.74. The van der Waals surface area contributed by atoms with Crippen LogP contribution in [0.4, 0.5) is 0 Å². The fourth-order valence-corrected chi connectivity index (χ4v) is 0.728. The van der Waals surface area contributed by atoms with Gasteiger partial charge in [0.1, 0.15) is 0 Å². The van der Waals surface area contributed by atoms with Gasteiger partial charge >= 0.3 is 0 Å². The predicted molar refractivity (Wildman–Crippen MR) is 47.3 cm³/mol. The lowest BCUT2D eigenvalue weighted by atomic mass is 10.2. The van der Waals surface area contributed by atoms with Crippen LogP contribution in [0.5, 0.6) is 0 Å². The highest BCUT2D eigenvalue weighted by atomic mass is 16.1. The largest absolute Gasteiger partial charge is 0.352 e. The van der Waals surface area contributed by atoms with E-state index in [-0.39, 0.29) is 5.91 Å². The molecule has 0 saturated carbocycles. The molecule has 0 bridgehead atoms. The SMILES string of the molecule is C=C(C)C(=O)NCCCCC. The monoisotopic (exact) mass is 155 g/mol. The maximum Gasteiger partial charge on any atom is 0.246 e. The Labute approximate surface area is 68.7 Å². The van der Waals surface area contributed by atoms with Crippen LogP contribution in [0.3, 0.4) is 0 Å². The van der Waals surface area contributed by atoms with Crippen molar-refractivity contribution >= 4 is 5.91 Å². The molecule has 0 aliphatic carbocycles. The topological polar surface area (TPSA) is 29.1 Å². The van der Waals surface area contributed by atoms with Crippen molar-refractivity contribution in [2.45, 2.75) is 33.1 Å². The average molecular weight is 155 g/mol. The van der Waals surface area contributed by atoms with E-state index in [1.165, 1.54) is 12.8 Å². The van der Waals surface area contributed by atoms with E-state index < -0.39 is 0 Å². The van der Waals surface area contributed by atoms with Crippen molar-refractivity contribution < 1.29 is 4.79 Å². The van der Waals surface area contributed by atoms with Crippen molar-refractivity contribution in [3.05, 3.63) is 12.2 Å². The fourth-order valence-electron chi connectivity index (χ4n) is 0.728. The minimum atomic E-state index is -0.0268. The molecule has 2 nitrogen and oxygen atoms in total. The Kier molecular flexibility index (Phi) is 5.53. The Morgan fingerprint density at radius 2 is 2.09 bits per heavy atom. The summed E-state index contributed by atoms with van der Waals surface area (Å²) in [6, 6.07) is 0. The van der Waals surface area contributed by atoms with Gasteiger partial charge in [0.25, 0.3) is 0 Å². The highest BCUT2D eigenvalue weighted by Crippen LogP contribution is 1.92. The summed E-state index contributed by atoms with van der Waals surface area (Å²) in [5.74, 6) is -0.0268. The van der Waals surface area contributed by atoms with Crippen molar-refractivity contribution in [2.75, 3.05) is 6.54 Å². The lowest BCUT2D eigenvalue weighted by Gasteiger charge is -2.02. The standard InChI is InChI=1S/C9H17NO/c1-4-5-6-7-10-9(11)8(2)3/h2,4-7H2,1,3H3,(H,10,11). The summed E-state index contributed by atoms with van der Waals surface area (Å²) in [5, 5.41) is 2.78. The molecule has 11 heavy (non-hydrogen) atoms. The van der Waals surface area contributed by atoms with Crippen molar-refractivity contribution in [1.29, 1.82) is 0 Å². The Bertz CT molecular complexity index is 140. The summed E-state index contributed by atoms with van der Waals surface area (Å²) < 4.78 is 0. The lowest BCUT2D eigenvalue weighted by molar-refractivity contribution is -0.117.